The minimum absolute atomic E-state index is 0.0101. The number of aryl methyl sites for hydroxylation is 1. The van der Waals surface area contributed by atoms with Crippen LogP contribution in [0, 0.1) is 5.92 Å². The van der Waals surface area contributed by atoms with Crippen LogP contribution in [0.15, 0.2) is 17.6 Å². The van der Waals surface area contributed by atoms with Crippen LogP contribution in [0.25, 0.3) is 0 Å². The van der Waals surface area contributed by atoms with Gasteiger partial charge in [0.1, 0.15) is 0 Å². The van der Waals surface area contributed by atoms with Crippen LogP contribution in [-0.4, -0.2) is 47.3 Å². The molecule has 1 atom stereocenters. The first-order valence-corrected chi connectivity index (χ1v) is 11.3. The lowest BCUT2D eigenvalue weighted by atomic mass is 9.97. The van der Waals surface area contributed by atoms with Crippen molar-refractivity contribution in [1.29, 1.82) is 0 Å². The molecule has 0 bridgehead atoms. The summed E-state index contributed by atoms with van der Waals surface area (Å²) in [5, 5.41) is 3.25. The van der Waals surface area contributed by atoms with Gasteiger partial charge in [0.05, 0.1) is 12.2 Å². The number of amides is 1. The van der Waals surface area contributed by atoms with Gasteiger partial charge in [0.2, 0.25) is 5.91 Å². The average molecular weight is 383 g/mol. The highest BCUT2D eigenvalue weighted by Gasteiger charge is 2.35. The van der Waals surface area contributed by atoms with Crippen molar-refractivity contribution < 1.29 is 13.2 Å². The fourth-order valence-electron chi connectivity index (χ4n) is 3.90. The Kier molecular flexibility index (Phi) is 6.34. The van der Waals surface area contributed by atoms with Gasteiger partial charge in [-0.2, -0.15) is 4.31 Å². The lowest BCUT2D eigenvalue weighted by Gasteiger charge is -2.31. The van der Waals surface area contributed by atoms with Gasteiger partial charge in [-0.3, -0.25) is 4.79 Å². The summed E-state index contributed by atoms with van der Waals surface area (Å²) >= 11 is 0. The number of hydrogen-bond donors (Lipinski definition) is 1. The summed E-state index contributed by atoms with van der Waals surface area (Å²) in [5.74, 6) is -0.258. The van der Waals surface area contributed by atoms with Crippen LogP contribution in [0.4, 0.5) is 0 Å². The van der Waals surface area contributed by atoms with Crippen LogP contribution < -0.4 is 5.32 Å². The van der Waals surface area contributed by atoms with E-state index in [-0.39, 0.29) is 29.4 Å². The molecule has 0 radical (unpaired) electrons. The molecule has 1 unspecified atom stereocenters. The largest absolute Gasteiger partial charge is 0.353 e. The third-order valence-electron chi connectivity index (χ3n) is 5.54. The molecule has 2 heterocycles. The Morgan fingerprint density at radius 2 is 1.92 bits per heavy atom. The van der Waals surface area contributed by atoms with E-state index in [1.54, 1.807) is 10.8 Å². The number of aromatic nitrogens is 2. The van der Waals surface area contributed by atoms with Crippen molar-refractivity contribution in [3.63, 3.8) is 0 Å². The van der Waals surface area contributed by atoms with Crippen molar-refractivity contribution in [2.45, 2.75) is 75.9 Å². The van der Waals surface area contributed by atoms with E-state index >= 15 is 0 Å². The minimum Gasteiger partial charge on any atom is -0.353 e. The summed E-state index contributed by atoms with van der Waals surface area (Å²) in [6.45, 7) is 3.32. The van der Waals surface area contributed by atoms with Crippen molar-refractivity contribution in [3.05, 3.63) is 12.5 Å². The second-order valence-electron chi connectivity index (χ2n) is 7.44. The Morgan fingerprint density at radius 3 is 2.58 bits per heavy atom. The highest BCUT2D eigenvalue weighted by Crippen LogP contribution is 2.24. The standard InChI is InChI=1S/C18H30N4O3S/c1-2-21-13-17(19-14-21)26(24,25)22-11-7-8-15(12-22)18(23)20-16-9-5-3-4-6-10-16/h13-16H,2-12H2,1H3,(H,20,23). The Labute approximate surface area is 156 Å². The molecule has 1 saturated heterocycles. The van der Waals surface area contributed by atoms with Crippen molar-refractivity contribution in [2.75, 3.05) is 13.1 Å². The number of hydrogen-bond acceptors (Lipinski definition) is 4. The number of nitrogens with one attached hydrogen (secondary N) is 1. The molecule has 1 aromatic heterocycles. The molecule has 0 spiro atoms. The maximum Gasteiger partial charge on any atom is 0.262 e. The Morgan fingerprint density at radius 1 is 1.19 bits per heavy atom. The zero-order chi connectivity index (χ0) is 18.6. The number of nitrogens with zero attached hydrogens (tertiary/aromatic N) is 3. The summed E-state index contributed by atoms with van der Waals surface area (Å²) in [6.07, 6.45) is 11.4. The smallest absolute Gasteiger partial charge is 0.262 e. The van der Waals surface area contributed by atoms with Gasteiger partial charge in [0.25, 0.3) is 10.0 Å². The van der Waals surface area contributed by atoms with Gasteiger partial charge < -0.3 is 9.88 Å². The quantitative estimate of drug-likeness (QED) is 0.791. The molecule has 8 heteroatoms. The van der Waals surface area contributed by atoms with Gasteiger partial charge in [-0.1, -0.05) is 25.7 Å². The third-order valence-corrected chi connectivity index (χ3v) is 7.29. The fraction of sp³-hybridized carbons (Fsp3) is 0.778. The number of sulfonamides is 1. The molecule has 0 aromatic carbocycles. The second kappa shape index (κ2) is 8.52. The molecule has 1 saturated carbocycles. The van der Waals surface area contributed by atoms with E-state index < -0.39 is 10.0 Å². The maximum atomic E-state index is 12.8. The van der Waals surface area contributed by atoms with Gasteiger partial charge >= 0.3 is 0 Å². The molecule has 1 aromatic rings. The molecule has 146 valence electrons. The second-order valence-corrected chi connectivity index (χ2v) is 9.33. The molecule has 3 rings (SSSR count). The van der Waals surface area contributed by atoms with Crippen LogP contribution in [-0.2, 0) is 21.4 Å². The Bertz CT molecular complexity index is 708. The summed E-state index contributed by atoms with van der Waals surface area (Å²) in [6, 6.07) is 0.247. The van der Waals surface area contributed by atoms with Crippen LogP contribution in [0.2, 0.25) is 0 Å². The molecular formula is C18H30N4O3S. The summed E-state index contributed by atoms with van der Waals surface area (Å²) < 4.78 is 28.8. The summed E-state index contributed by atoms with van der Waals surface area (Å²) in [7, 11) is -3.64. The number of piperidine rings is 1. The number of carbonyl (C=O) groups is 1. The summed E-state index contributed by atoms with van der Waals surface area (Å²) in [4.78, 5) is 16.7. The van der Waals surface area contributed by atoms with Crippen molar-refractivity contribution in [2.24, 2.45) is 5.92 Å². The van der Waals surface area contributed by atoms with E-state index in [1.165, 1.54) is 23.5 Å². The molecular weight excluding hydrogens is 352 g/mol. The van der Waals surface area contributed by atoms with E-state index in [9.17, 15) is 13.2 Å². The van der Waals surface area contributed by atoms with Gasteiger partial charge in [-0.15, -0.1) is 0 Å². The molecule has 1 N–H and O–H groups in total. The lowest BCUT2D eigenvalue weighted by Crippen LogP contribution is -2.47. The van der Waals surface area contributed by atoms with E-state index in [4.69, 9.17) is 0 Å². The number of imidazole rings is 1. The Balaban J connectivity index is 1.63. The first kappa shape index (κ1) is 19.4. The average Bonchev–Trinajstić information content (AvgIpc) is 3.01. The molecule has 7 nitrogen and oxygen atoms in total. The lowest BCUT2D eigenvalue weighted by molar-refractivity contribution is -0.126. The highest BCUT2D eigenvalue weighted by molar-refractivity contribution is 7.89. The number of rotatable bonds is 5. The first-order valence-electron chi connectivity index (χ1n) is 9.83. The molecule has 2 aliphatic rings. The fourth-order valence-corrected chi connectivity index (χ4v) is 5.35. The van der Waals surface area contributed by atoms with E-state index in [2.05, 4.69) is 10.3 Å². The molecule has 1 amide bonds. The molecule has 1 aliphatic heterocycles. The van der Waals surface area contributed by atoms with Crippen LogP contribution in [0.3, 0.4) is 0 Å². The normalized spacial score (nSPS) is 23.5. The zero-order valence-corrected chi connectivity index (χ0v) is 16.4. The van der Waals surface area contributed by atoms with Crippen molar-refractivity contribution >= 4 is 15.9 Å². The van der Waals surface area contributed by atoms with Crippen LogP contribution in [0.1, 0.15) is 58.3 Å². The van der Waals surface area contributed by atoms with Gasteiger partial charge in [0.15, 0.2) is 5.03 Å². The SMILES string of the molecule is CCn1cnc(S(=O)(=O)N2CCCC(C(=O)NC3CCCCCC3)C2)c1. The van der Waals surface area contributed by atoms with Gasteiger partial charge in [-0.25, -0.2) is 13.4 Å². The number of carbonyl (C=O) groups excluding carboxylic acids is 1. The predicted octanol–water partition coefficient (Wildman–Crippen LogP) is 2.14. The maximum absolute atomic E-state index is 12.8. The van der Waals surface area contributed by atoms with Gasteiger partial charge in [-0.05, 0) is 32.6 Å². The van der Waals surface area contributed by atoms with Crippen LogP contribution in [0.5, 0.6) is 0 Å². The molecule has 2 fully saturated rings. The molecule has 26 heavy (non-hydrogen) atoms. The molecule has 1 aliphatic carbocycles. The summed E-state index contributed by atoms with van der Waals surface area (Å²) in [5.41, 5.74) is 0. The van der Waals surface area contributed by atoms with Crippen LogP contribution >= 0.6 is 0 Å². The predicted molar refractivity (Wildman–Crippen MR) is 99.0 cm³/mol. The van der Waals surface area contributed by atoms with Crippen molar-refractivity contribution in [1.82, 2.24) is 19.2 Å². The first-order chi connectivity index (χ1) is 12.5. The van der Waals surface area contributed by atoms with Gasteiger partial charge in [0, 0.05) is 31.9 Å². The van der Waals surface area contributed by atoms with E-state index in [0.717, 1.165) is 32.1 Å². The highest BCUT2D eigenvalue weighted by atomic mass is 32.2. The van der Waals surface area contributed by atoms with E-state index in [0.29, 0.717) is 19.5 Å². The third kappa shape index (κ3) is 4.46. The topological polar surface area (TPSA) is 84.3 Å². The minimum atomic E-state index is -3.64. The van der Waals surface area contributed by atoms with Crippen molar-refractivity contribution in [3.8, 4) is 0 Å². The zero-order valence-electron chi connectivity index (χ0n) is 15.6. The van der Waals surface area contributed by atoms with E-state index in [1.807, 2.05) is 6.92 Å². The Hall–Kier alpha value is -1.41. The monoisotopic (exact) mass is 382 g/mol.